The fraction of sp³-hybridized carbons (Fsp3) is 0.368. The predicted octanol–water partition coefficient (Wildman–Crippen LogP) is 3.31. The Balaban J connectivity index is 1.85. The van der Waals surface area contributed by atoms with Gasteiger partial charge in [-0.15, -0.1) is 0 Å². The SMILES string of the molecule is COc1cc(S(=O)(=O)N2CCN(S(=O)(=O)c3ccc(Br)c(OC)c3)[C@H](C)C2)ccc1Br. The number of hydrogen-bond donors (Lipinski definition) is 0. The van der Waals surface area contributed by atoms with E-state index in [9.17, 15) is 16.8 Å². The lowest BCUT2D eigenvalue weighted by atomic mass is 10.3. The van der Waals surface area contributed by atoms with Crippen LogP contribution in [0, 0.1) is 0 Å². The molecule has 8 nitrogen and oxygen atoms in total. The third kappa shape index (κ3) is 4.79. The third-order valence-electron chi connectivity index (χ3n) is 5.02. The number of halogens is 2. The first-order chi connectivity index (χ1) is 14.5. The quantitative estimate of drug-likeness (QED) is 0.507. The van der Waals surface area contributed by atoms with Gasteiger partial charge in [-0.25, -0.2) is 16.8 Å². The fourth-order valence-corrected chi connectivity index (χ4v) is 7.34. The molecule has 1 atom stereocenters. The summed E-state index contributed by atoms with van der Waals surface area (Å²) in [4.78, 5) is 0.182. The molecule has 0 unspecified atom stereocenters. The molecule has 1 saturated heterocycles. The number of sulfonamides is 2. The van der Waals surface area contributed by atoms with Gasteiger partial charge in [0.1, 0.15) is 11.5 Å². The number of benzene rings is 2. The van der Waals surface area contributed by atoms with Gasteiger partial charge in [0.05, 0.1) is 33.0 Å². The molecule has 31 heavy (non-hydrogen) atoms. The van der Waals surface area contributed by atoms with E-state index in [-0.39, 0.29) is 29.4 Å². The number of nitrogens with zero attached hydrogens (tertiary/aromatic N) is 2. The second kappa shape index (κ2) is 9.36. The molecule has 2 aromatic rings. The lowest BCUT2D eigenvalue weighted by Gasteiger charge is -2.38. The number of hydrogen-bond acceptors (Lipinski definition) is 6. The molecule has 0 spiro atoms. The molecule has 0 saturated carbocycles. The first kappa shape index (κ1) is 24.5. The van der Waals surface area contributed by atoms with Gasteiger partial charge in [-0.1, -0.05) is 0 Å². The minimum atomic E-state index is -3.83. The topological polar surface area (TPSA) is 93.2 Å². The molecule has 12 heteroatoms. The number of ether oxygens (including phenoxy) is 2. The molecular weight excluding hydrogens is 576 g/mol. The summed E-state index contributed by atoms with van der Waals surface area (Å²) in [7, 11) is -4.72. The Kier molecular flexibility index (Phi) is 7.38. The highest BCUT2D eigenvalue weighted by Gasteiger charge is 2.38. The molecule has 2 aromatic carbocycles. The molecule has 0 aliphatic carbocycles. The van der Waals surface area contributed by atoms with Gasteiger partial charge in [0.25, 0.3) is 0 Å². The van der Waals surface area contributed by atoms with E-state index in [1.165, 1.54) is 47.1 Å². The smallest absolute Gasteiger partial charge is 0.243 e. The summed E-state index contributed by atoms with van der Waals surface area (Å²) in [6.45, 7) is 1.80. The minimum absolute atomic E-state index is 0.0353. The van der Waals surface area contributed by atoms with Gasteiger partial charge in [-0.2, -0.15) is 8.61 Å². The van der Waals surface area contributed by atoms with Crippen molar-refractivity contribution in [3.05, 3.63) is 45.3 Å². The second-order valence-corrected chi connectivity index (χ2v) is 12.5. The zero-order valence-electron chi connectivity index (χ0n) is 17.1. The van der Waals surface area contributed by atoms with Crippen molar-refractivity contribution in [1.29, 1.82) is 0 Å². The van der Waals surface area contributed by atoms with Crippen LogP contribution >= 0.6 is 31.9 Å². The Labute approximate surface area is 199 Å². The fourth-order valence-electron chi connectivity index (χ4n) is 3.37. The molecule has 0 amide bonds. The van der Waals surface area contributed by atoms with Crippen molar-refractivity contribution in [2.24, 2.45) is 0 Å². The molecule has 0 bridgehead atoms. The van der Waals surface area contributed by atoms with Crippen LogP contribution in [0.15, 0.2) is 55.1 Å². The number of rotatable bonds is 6. The average molecular weight is 598 g/mol. The average Bonchev–Trinajstić information content (AvgIpc) is 2.73. The van der Waals surface area contributed by atoms with Crippen LogP contribution in [0.1, 0.15) is 6.92 Å². The van der Waals surface area contributed by atoms with Crippen molar-refractivity contribution in [2.45, 2.75) is 22.8 Å². The van der Waals surface area contributed by atoms with Gasteiger partial charge < -0.3 is 9.47 Å². The summed E-state index contributed by atoms with van der Waals surface area (Å²) < 4.78 is 66.9. The van der Waals surface area contributed by atoms with Gasteiger partial charge in [0.15, 0.2) is 0 Å². The summed E-state index contributed by atoms with van der Waals surface area (Å²) in [5.74, 6) is 0.804. The van der Waals surface area contributed by atoms with E-state index in [0.29, 0.717) is 20.4 Å². The normalized spacial score (nSPS) is 18.7. The molecule has 1 aliphatic heterocycles. The van der Waals surface area contributed by atoms with Gasteiger partial charge >= 0.3 is 0 Å². The van der Waals surface area contributed by atoms with Crippen LogP contribution in [0.4, 0.5) is 0 Å². The zero-order valence-corrected chi connectivity index (χ0v) is 21.9. The highest BCUT2D eigenvalue weighted by molar-refractivity contribution is 9.10. The molecule has 0 aromatic heterocycles. The van der Waals surface area contributed by atoms with Crippen LogP contribution in [0.25, 0.3) is 0 Å². The molecule has 1 fully saturated rings. The van der Waals surface area contributed by atoms with Gasteiger partial charge in [-0.05, 0) is 63.0 Å². The van der Waals surface area contributed by atoms with Crippen molar-refractivity contribution in [3.8, 4) is 11.5 Å². The summed E-state index contributed by atoms with van der Waals surface area (Å²) in [5.41, 5.74) is 0. The van der Waals surface area contributed by atoms with Crippen LogP contribution in [-0.2, 0) is 20.0 Å². The van der Waals surface area contributed by atoms with Crippen LogP contribution < -0.4 is 9.47 Å². The Bertz CT molecular complexity index is 1190. The maximum atomic E-state index is 13.2. The van der Waals surface area contributed by atoms with E-state index < -0.39 is 26.1 Å². The maximum Gasteiger partial charge on any atom is 0.243 e. The van der Waals surface area contributed by atoms with Crippen LogP contribution in [0.3, 0.4) is 0 Å². The summed E-state index contributed by atoms with van der Waals surface area (Å²) in [6, 6.07) is 8.54. The van der Waals surface area contributed by atoms with Gasteiger partial charge in [0, 0.05) is 37.8 Å². The van der Waals surface area contributed by atoms with Crippen LogP contribution in [0.2, 0.25) is 0 Å². The van der Waals surface area contributed by atoms with E-state index in [1.54, 1.807) is 19.1 Å². The predicted molar refractivity (Wildman–Crippen MR) is 124 cm³/mol. The molecule has 1 aliphatic rings. The molecule has 0 N–H and O–H groups in total. The van der Waals surface area contributed by atoms with E-state index in [2.05, 4.69) is 31.9 Å². The van der Waals surface area contributed by atoms with E-state index in [1.807, 2.05) is 0 Å². The van der Waals surface area contributed by atoms with Crippen LogP contribution in [0.5, 0.6) is 11.5 Å². The monoisotopic (exact) mass is 596 g/mol. The van der Waals surface area contributed by atoms with Crippen molar-refractivity contribution >= 4 is 51.9 Å². The highest BCUT2D eigenvalue weighted by atomic mass is 79.9. The molecule has 170 valence electrons. The lowest BCUT2D eigenvalue weighted by Crippen LogP contribution is -2.55. The second-order valence-electron chi connectivity index (χ2n) is 6.92. The van der Waals surface area contributed by atoms with Crippen molar-refractivity contribution in [3.63, 3.8) is 0 Å². The van der Waals surface area contributed by atoms with Crippen molar-refractivity contribution < 1.29 is 26.3 Å². The van der Waals surface area contributed by atoms with Crippen molar-refractivity contribution in [1.82, 2.24) is 8.61 Å². The van der Waals surface area contributed by atoms with Crippen LogP contribution in [-0.4, -0.2) is 65.3 Å². The van der Waals surface area contributed by atoms with E-state index >= 15 is 0 Å². The van der Waals surface area contributed by atoms with Crippen molar-refractivity contribution in [2.75, 3.05) is 33.9 Å². The molecule has 0 radical (unpaired) electrons. The van der Waals surface area contributed by atoms with Gasteiger partial charge in [0.2, 0.25) is 20.0 Å². The maximum absolute atomic E-state index is 13.2. The largest absolute Gasteiger partial charge is 0.496 e. The zero-order chi connectivity index (χ0) is 23.0. The van der Waals surface area contributed by atoms with E-state index in [0.717, 1.165) is 0 Å². The number of piperazine rings is 1. The molecule has 3 rings (SSSR count). The summed E-state index contributed by atoms with van der Waals surface area (Å²) in [6.07, 6.45) is 0. The first-order valence-electron chi connectivity index (χ1n) is 9.21. The van der Waals surface area contributed by atoms with Gasteiger partial charge in [-0.3, -0.25) is 0 Å². The third-order valence-corrected chi connectivity index (χ3v) is 10.2. The Morgan fingerprint density at radius 2 is 1.32 bits per heavy atom. The Morgan fingerprint density at radius 1 is 0.839 bits per heavy atom. The Morgan fingerprint density at radius 3 is 1.77 bits per heavy atom. The molecule has 1 heterocycles. The molecular formula is C19H22Br2N2O6S2. The summed E-state index contributed by atoms with van der Waals surface area (Å²) >= 11 is 6.62. The van der Waals surface area contributed by atoms with E-state index in [4.69, 9.17) is 9.47 Å². The summed E-state index contributed by atoms with van der Waals surface area (Å²) in [5, 5.41) is 0. The number of methoxy groups -OCH3 is 2. The lowest BCUT2D eigenvalue weighted by molar-refractivity contribution is 0.212. The minimum Gasteiger partial charge on any atom is -0.496 e. The highest BCUT2D eigenvalue weighted by Crippen LogP contribution is 2.32. The first-order valence-corrected chi connectivity index (χ1v) is 13.7. The Hall–Kier alpha value is -1.18. The standard InChI is InChI=1S/C19H22Br2N2O6S2/c1-13-12-22(30(24,25)14-4-6-16(20)18(10-14)28-2)8-9-23(13)31(26,27)15-5-7-17(21)19(11-15)29-3/h4-7,10-11,13H,8-9,12H2,1-3H3/t13-/m1/s1.